The zero-order valence-corrected chi connectivity index (χ0v) is 15.5. The molecule has 0 fully saturated rings. The van der Waals surface area contributed by atoms with Crippen molar-refractivity contribution in [3.05, 3.63) is 70.1 Å². The SMILES string of the molecule is CCCn1nc(C(=O)N/N=C\c2ccccc2OC(F)F)c2ccccc2c1=O. The van der Waals surface area contributed by atoms with Crippen molar-refractivity contribution in [3.8, 4) is 5.75 Å². The number of hydrogen-bond donors (Lipinski definition) is 1. The quantitative estimate of drug-likeness (QED) is 0.488. The van der Waals surface area contributed by atoms with E-state index in [-0.39, 0.29) is 22.6 Å². The van der Waals surface area contributed by atoms with Crippen LogP contribution in [0.5, 0.6) is 5.75 Å². The van der Waals surface area contributed by atoms with Crippen LogP contribution in [0.2, 0.25) is 0 Å². The van der Waals surface area contributed by atoms with Gasteiger partial charge >= 0.3 is 6.61 Å². The first-order chi connectivity index (χ1) is 14.0. The van der Waals surface area contributed by atoms with Crippen LogP contribution in [0.3, 0.4) is 0 Å². The van der Waals surface area contributed by atoms with Crippen LogP contribution in [0.25, 0.3) is 10.8 Å². The second kappa shape index (κ2) is 9.05. The predicted octanol–water partition coefficient (Wildman–Crippen LogP) is 3.17. The van der Waals surface area contributed by atoms with Gasteiger partial charge in [0.2, 0.25) is 0 Å². The van der Waals surface area contributed by atoms with Crippen molar-refractivity contribution in [1.82, 2.24) is 15.2 Å². The molecule has 29 heavy (non-hydrogen) atoms. The van der Waals surface area contributed by atoms with E-state index in [9.17, 15) is 18.4 Å². The summed E-state index contributed by atoms with van der Waals surface area (Å²) in [5, 5.41) is 8.76. The largest absolute Gasteiger partial charge is 0.434 e. The van der Waals surface area contributed by atoms with E-state index in [1.54, 1.807) is 36.4 Å². The fourth-order valence-corrected chi connectivity index (χ4v) is 2.77. The minimum absolute atomic E-state index is 0.0444. The first-order valence-corrected chi connectivity index (χ1v) is 8.88. The maximum Gasteiger partial charge on any atom is 0.387 e. The Morgan fingerprint density at radius 1 is 1.21 bits per heavy atom. The summed E-state index contributed by atoms with van der Waals surface area (Å²) in [5.74, 6) is -0.699. The number of nitrogens with zero attached hydrogens (tertiary/aromatic N) is 3. The number of amides is 1. The number of aryl methyl sites for hydroxylation is 1. The van der Waals surface area contributed by atoms with E-state index < -0.39 is 12.5 Å². The number of carbonyl (C=O) groups excluding carboxylic acids is 1. The lowest BCUT2D eigenvalue weighted by Crippen LogP contribution is -2.29. The third-order valence-electron chi connectivity index (χ3n) is 4.02. The van der Waals surface area contributed by atoms with Gasteiger partial charge in [-0.25, -0.2) is 10.1 Å². The molecule has 0 spiro atoms. The summed E-state index contributed by atoms with van der Waals surface area (Å²) in [6.07, 6.45) is 1.87. The van der Waals surface area contributed by atoms with Crippen LogP contribution in [0, 0.1) is 0 Å². The van der Waals surface area contributed by atoms with E-state index in [1.807, 2.05) is 6.92 Å². The molecular formula is C20H18F2N4O3. The van der Waals surface area contributed by atoms with E-state index in [0.717, 1.165) is 0 Å². The summed E-state index contributed by atoms with van der Waals surface area (Å²) >= 11 is 0. The van der Waals surface area contributed by atoms with Gasteiger partial charge in [-0.3, -0.25) is 9.59 Å². The highest BCUT2D eigenvalue weighted by atomic mass is 19.3. The average molecular weight is 400 g/mol. The Bertz CT molecular complexity index is 1110. The summed E-state index contributed by atoms with van der Waals surface area (Å²) in [7, 11) is 0. The number of hydrogen-bond acceptors (Lipinski definition) is 5. The van der Waals surface area contributed by atoms with E-state index in [1.165, 1.54) is 23.0 Å². The molecule has 1 N–H and O–H groups in total. The Hall–Kier alpha value is -3.62. The molecule has 2 aromatic carbocycles. The third kappa shape index (κ3) is 4.63. The summed E-state index contributed by atoms with van der Waals surface area (Å²) in [6.45, 7) is -0.716. The number of benzene rings is 2. The highest BCUT2D eigenvalue weighted by Crippen LogP contribution is 2.18. The van der Waals surface area contributed by atoms with Gasteiger partial charge in [0.25, 0.3) is 11.5 Å². The first kappa shape index (κ1) is 20.1. The Labute approximate surface area is 164 Å². The fraction of sp³-hybridized carbons (Fsp3) is 0.200. The first-order valence-electron chi connectivity index (χ1n) is 8.88. The number of fused-ring (bicyclic) bond motifs is 1. The fourth-order valence-electron chi connectivity index (χ4n) is 2.77. The molecule has 0 atom stereocenters. The van der Waals surface area contributed by atoms with Gasteiger partial charge in [0, 0.05) is 17.5 Å². The molecule has 0 saturated carbocycles. The Morgan fingerprint density at radius 2 is 1.90 bits per heavy atom. The van der Waals surface area contributed by atoms with E-state index in [2.05, 4.69) is 20.4 Å². The molecule has 9 heteroatoms. The molecule has 3 rings (SSSR count). The normalized spacial score (nSPS) is 11.3. The number of carbonyl (C=O) groups is 1. The van der Waals surface area contributed by atoms with E-state index in [4.69, 9.17) is 0 Å². The molecule has 150 valence electrons. The van der Waals surface area contributed by atoms with Crippen molar-refractivity contribution in [2.24, 2.45) is 5.10 Å². The Balaban J connectivity index is 1.89. The van der Waals surface area contributed by atoms with Gasteiger partial charge in [-0.15, -0.1) is 0 Å². The van der Waals surface area contributed by atoms with Crippen molar-refractivity contribution in [3.63, 3.8) is 0 Å². The molecule has 0 saturated heterocycles. The molecule has 0 bridgehead atoms. The Kier molecular flexibility index (Phi) is 6.28. The lowest BCUT2D eigenvalue weighted by molar-refractivity contribution is -0.0499. The molecule has 7 nitrogen and oxygen atoms in total. The van der Waals surface area contributed by atoms with Gasteiger partial charge < -0.3 is 4.74 Å². The van der Waals surface area contributed by atoms with Gasteiger partial charge in [0.05, 0.1) is 11.6 Å². The van der Waals surface area contributed by atoms with Crippen molar-refractivity contribution in [2.75, 3.05) is 0 Å². The minimum atomic E-state index is -2.98. The van der Waals surface area contributed by atoms with Crippen LogP contribution < -0.4 is 15.7 Å². The van der Waals surface area contributed by atoms with Crippen LogP contribution >= 0.6 is 0 Å². The molecule has 1 aromatic heterocycles. The monoisotopic (exact) mass is 400 g/mol. The summed E-state index contributed by atoms with van der Waals surface area (Å²) in [5.41, 5.74) is 2.35. The lowest BCUT2D eigenvalue weighted by Gasteiger charge is -2.09. The predicted molar refractivity (Wildman–Crippen MR) is 104 cm³/mol. The number of alkyl halides is 2. The minimum Gasteiger partial charge on any atom is -0.434 e. The number of ether oxygens (including phenoxy) is 1. The maximum atomic E-state index is 12.6. The molecule has 0 aliphatic carbocycles. The number of nitrogens with one attached hydrogen (secondary N) is 1. The van der Waals surface area contributed by atoms with E-state index >= 15 is 0 Å². The summed E-state index contributed by atoms with van der Waals surface area (Å²) < 4.78 is 30.6. The van der Waals surface area contributed by atoms with Gasteiger partial charge in [-0.05, 0) is 24.6 Å². The highest BCUT2D eigenvalue weighted by molar-refractivity contribution is 6.05. The molecule has 1 heterocycles. The summed E-state index contributed by atoms with van der Waals surface area (Å²) in [6, 6.07) is 12.7. The van der Waals surface area contributed by atoms with Crippen molar-refractivity contribution in [1.29, 1.82) is 0 Å². The second-order valence-corrected chi connectivity index (χ2v) is 6.04. The number of halogens is 2. The summed E-state index contributed by atoms with van der Waals surface area (Å²) in [4.78, 5) is 25.1. The molecule has 0 unspecified atom stereocenters. The van der Waals surface area contributed by atoms with Crippen molar-refractivity contribution in [2.45, 2.75) is 26.5 Å². The topological polar surface area (TPSA) is 85.6 Å². The molecule has 3 aromatic rings. The van der Waals surface area contributed by atoms with Gasteiger partial charge in [0.15, 0.2) is 5.69 Å². The zero-order chi connectivity index (χ0) is 20.8. The van der Waals surface area contributed by atoms with Crippen LogP contribution in [-0.4, -0.2) is 28.5 Å². The van der Waals surface area contributed by atoms with E-state index in [0.29, 0.717) is 23.7 Å². The molecule has 0 aliphatic rings. The average Bonchev–Trinajstić information content (AvgIpc) is 2.71. The third-order valence-corrected chi connectivity index (χ3v) is 4.02. The standard InChI is InChI=1S/C20H18F2N4O3/c1-2-11-26-19(28)15-9-5-4-8-14(15)17(25-26)18(27)24-23-12-13-7-3-6-10-16(13)29-20(21)22/h3-10,12,20H,2,11H2,1H3,(H,24,27)/b23-12-. The van der Waals surface area contributed by atoms with Gasteiger partial charge in [-0.1, -0.05) is 37.3 Å². The van der Waals surface area contributed by atoms with Gasteiger partial charge in [0.1, 0.15) is 5.75 Å². The second-order valence-electron chi connectivity index (χ2n) is 6.04. The lowest BCUT2D eigenvalue weighted by atomic mass is 10.1. The molecule has 0 radical (unpaired) electrons. The van der Waals surface area contributed by atoms with Crippen molar-refractivity contribution < 1.29 is 18.3 Å². The molecule has 0 aliphatic heterocycles. The van der Waals surface area contributed by atoms with Gasteiger partial charge in [-0.2, -0.15) is 19.0 Å². The number of rotatable bonds is 7. The Morgan fingerprint density at radius 3 is 2.62 bits per heavy atom. The number of aromatic nitrogens is 2. The maximum absolute atomic E-state index is 12.6. The molecular weight excluding hydrogens is 382 g/mol. The van der Waals surface area contributed by atoms with Crippen LogP contribution in [0.15, 0.2) is 58.4 Å². The molecule has 1 amide bonds. The smallest absolute Gasteiger partial charge is 0.387 e. The number of para-hydroxylation sites is 1. The zero-order valence-electron chi connectivity index (χ0n) is 15.5. The number of hydrazone groups is 1. The van der Waals surface area contributed by atoms with Crippen LogP contribution in [-0.2, 0) is 6.54 Å². The van der Waals surface area contributed by atoms with Crippen LogP contribution in [0.1, 0.15) is 29.4 Å². The highest BCUT2D eigenvalue weighted by Gasteiger charge is 2.16. The van der Waals surface area contributed by atoms with Crippen molar-refractivity contribution >= 4 is 22.9 Å². The van der Waals surface area contributed by atoms with Crippen LogP contribution in [0.4, 0.5) is 8.78 Å².